The Labute approximate surface area is 174 Å². The maximum atomic E-state index is 12.8. The van der Waals surface area contributed by atoms with Crippen molar-refractivity contribution in [3.8, 4) is 5.75 Å². The van der Waals surface area contributed by atoms with Crippen LogP contribution in [0, 0.1) is 5.92 Å². The molecule has 2 heterocycles. The van der Waals surface area contributed by atoms with Crippen molar-refractivity contribution in [2.24, 2.45) is 10.9 Å². The summed E-state index contributed by atoms with van der Waals surface area (Å²) in [5.74, 6) is 0.333. The molecule has 3 rings (SSSR count). The quantitative estimate of drug-likeness (QED) is 0.654. The molecular formula is C19H27N3O5S2. The summed E-state index contributed by atoms with van der Waals surface area (Å²) in [5.41, 5.74) is 0.981. The van der Waals surface area contributed by atoms with E-state index >= 15 is 0 Å². The Balaban J connectivity index is 1.88. The Morgan fingerprint density at radius 3 is 2.66 bits per heavy atom. The first-order valence-corrected chi connectivity index (χ1v) is 12.3. The number of aromatic nitrogens is 1. The van der Waals surface area contributed by atoms with E-state index in [9.17, 15) is 13.2 Å². The van der Waals surface area contributed by atoms with Crippen LogP contribution in [0.1, 0.15) is 19.8 Å². The first-order chi connectivity index (χ1) is 13.8. The maximum Gasteiger partial charge on any atom is 0.251 e. The zero-order valence-electron chi connectivity index (χ0n) is 17.0. The summed E-state index contributed by atoms with van der Waals surface area (Å²) in [5, 5.41) is 0. The fraction of sp³-hybridized carbons (Fsp3) is 0.579. The van der Waals surface area contributed by atoms with E-state index in [1.165, 1.54) is 21.9 Å². The average Bonchev–Trinajstić information content (AvgIpc) is 3.02. The summed E-state index contributed by atoms with van der Waals surface area (Å²) in [6, 6.07) is 5.84. The number of ether oxygens (including phenoxy) is 2. The highest BCUT2D eigenvalue weighted by atomic mass is 32.2. The van der Waals surface area contributed by atoms with Crippen LogP contribution < -0.4 is 9.54 Å². The molecule has 1 aromatic carbocycles. The molecule has 0 bridgehead atoms. The van der Waals surface area contributed by atoms with E-state index in [0.717, 1.165) is 16.0 Å². The number of benzene rings is 1. The molecule has 1 saturated heterocycles. The molecular weight excluding hydrogens is 414 g/mol. The number of fused-ring (bicyclic) bond motifs is 1. The highest BCUT2D eigenvalue weighted by Crippen LogP contribution is 2.24. The molecule has 10 heteroatoms. The van der Waals surface area contributed by atoms with Crippen LogP contribution in [0.3, 0.4) is 0 Å². The highest BCUT2D eigenvalue weighted by Gasteiger charge is 2.29. The molecule has 0 spiro atoms. The van der Waals surface area contributed by atoms with Gasteiger partial charge in [-0.05, 0) is 38.0 Å². The molecule has 1 amide bonds. The van der Waals surface area contributed by atoms with Crippen LogP contribution >= 0.6 is 11.3 Å². The largest absolute Gasteiger partial charge is 0.494 e. The van der Waals surface area contributed by atoms with Crippen molar-refractivity contribution in [2.75, 3.05) is 39.7 Å². The van der Waals surface area contributed by atoms with Crippen molar-refractivity contribution in [2.45, 2.75) is 26.3 Å². The Morgan fingerprint density at radius 1 is 1.31 bits per heavy atom. The average molecular weight is 442 g/mol. The molecule has 0 unspecified atom stereocenters. The van der Waals surface area contributed by atoms with Crippen LogP contribution in [0.4, 0.5) is 0 Å². The van der Waals surface area contributed by atoms with Gasteiger partial charge in [-0.3, -0.25) is 4.79 Å². The Morgan fingerprint density at radius 2 is 2.03 bits per heavy atom. The summed E-state index contributed by atoms with van der Waals surface area (Å²) in [7, 11) is -1.57. The molecule has 0 N–H and O–H groups in total. The third kappa shape index (κ3) is 5.25. The smallest absolute Gasteiger partial charge is 0.251 e. The van der Waals surface area contributed by atoms with Crippen molar-refractivity contribution in [1.29, 1.82) is 0 Å². The summed E-state index contributed by atoms with van der Waals surface area (Å²) in [6.45, 7) is 4.34. The monoisotopic (exact) mass is 441 g/mol. The molecule has 0 radical (unpaired) electrons. The Hall–Kier alpha value is -1.75. The van der Waals surface area contributed by atoms with Gasteiger partial charge in [-0.1, -0.05) is 11.3 Å². The third-order valence-corrected chi connectivity index (χ3v) is 7.31. The SMILES string of the molecule is CCOc1ccc2c(c1)sc(=NC(=O)C1CCN(S(C)(=O)=O)CC1)n2CCOC. The van der Waals surface area contributed by atoms with Crippen LogP contribution in [0.5, 0.6) is 5.75 Å². The number of hydrogen-bond donors (Lipinski definition) is 0. The van der Waals surface area contributed by atoms with Gasteiger partial charge in [0.25, 0.3) is 5.91 Å². The molecule has 1 aromatic heterocycles. The van der Waals surface area contributed by atoms with Crippen LogP contribution in [-0.4, -0.2) is 62.9 Å². The number of thiazole rings is 1. The number of nitrogens with zero attached hydrogens (tertiary/aromatic N) is 3. The van der Waals surface area contributed by atoms with Gasteiger partial charge in [0.1, 0.15) is 5.75 Å². The van der Waals surface area contributed by atoms with Crippen molar-refractivity contribution in [1.82, 2.24) is 8.87 Å². The molecule has 2 aromatic rings. The first kappa shape index (κ1) is 21.9. The minimum atomic E-state index is -3.21. The number of amides is 1. The molecule has 0 saturated carbocycles. The Kier molecular flexibility index (Phi) is 7.10. The second-order valence-corrected chi connectivity index (χ2v) is 9.97. The van der Waals surface area contributed by atoms with Crippen molar-refractivity contribution in [3.05, 3.63) is 23.0 Å². The fourth-order valence-corrected chi connectivity index (χ4v) is 5.38. The topological polar surface area (TPSA) is 90.2 Å². The lowest BCUT2D eigenvalue weighted by Gasteiger charge is -2.28. The molecule has 0 aliphatic carbocycles. The second kappa shape index (κ2) is 9.38. The maximum absolute atomic E-state index is 12.8. The zero-order valence-corrected chi connectivity index (χ0v) is 18.6. The first-order valence-electron chi connectivity index (χ1n) is 9.62. The number of hydrogen-bond acceptors (Lipinski definition) is 6. The molecule has 1 fully saturated rings. The summed E-state index contributed by atoms with van der Waals surface area (Å²) >= 11 is 1.45. The van der Waals surface area contributed by atoms with Gasteiger partial charge in [-0.2, -0.15) is 4.99 Å². The van der Waals surface area contributed by atoms with Crippen LogP contribution in [-0.2, 0) is 26.1 Å². The molecule has 0 atom stereocenters. The van der Waals surface area contributed by atoms with E-state index in [-0.39, 0.29) is 11.8 Å². The van der Waals surface area contributed by atoms with Gasteiger partial charge in [0.15, 0.2) is 4.80 Å². The van der Waals surface area contributed by atoms with E-state index < -0.39 is 10.0 Å². The number of sulfonamides is 1. The summed E-state index contributed by atoms with van der Waals surface area (Å²) in [4.78, 5) is 17.8. The number of rotatable bonds is 7. The van der Waals surface area contributed by atoms with Gasteiger partial charge < -0.3 is 14.0 Å². The number of carbonyl (C=O) groups is 1. The standard InChI is InChI=1S/C19H27N3O5S2/c1-4-27-15-5-6-16-17(13-15)28-19(22(16)11-12-26-2)20-18(23)14-7-9-21(10-8-14)29(3,24)25/h5-6,13-14H,4,7-12H2,1-3H3. The minimum absolute atomic E-state index is 0.194. The summed E-state index contributed by atoms with van der Waals surface area (Å²) in [6.07, 6.45) is 2.19. The van der Waals surface area contributed by atoms with Gasteiger partial charge in [-0.15, -0.1) is 0 Å². The van der Waals surface area contributed by atoms with Gasteiger partial charge >= 0.3 is 0 Å². The fourth-order valence-electron chi connectivity index (χ4n) is 3.41. The molecule has 1 aliphatic rings. The van der Waals surface area contributed by atoms with Crippen molar-refractivity contribution in [3.63, 3.8) is 0 Å². The van der Waals surface area contributed by atoms with Crippen molar-refractivity contribution < 1.29 is 22.7 Å². The van der Waals surface area contributed by atoms with E-state index in [1.807, 2.05) is 29.7 Å². The molecule has 29 heavy (non-hydrogen) atoms. The van der Waals surface area contributed by atoms with E-state index in [1.54, 1.807) is 7.11 Å². The number of methoxy groups -OCH3 is 1. The highest BCUT2D eigenvalue weighted by molar-refractivity contribution is 7.88. The van der Waals surface area contributed by atoms with Crippen LogP contribution in [0.25, 0.3) is 10.2 Å². The van der Waals surface area contributed by atoms with Gasteiger partial charge in [0.05, 0.1) is 29.7 Å². The van der Waals surface area contributed by atoms with Gasteiger partial charge in [-0.25, -0.2) is 12.7 Å². The lowest BCUT2D eigenvalue weighted by molar-refractivity contribution is -0.122. The number of piperidine rings is 1. The Bertz CT molecular complexity index is 1030. The van der Waals surface area contributed by atoms with Gasteiger partial charge in [0, 0.05) is 32.7 Å². The van der Waals surface area contributed by atoms with Gasteiger partial charge in [0.2, 0.25) is 10.0 Å². The van der Waals surface area contributed by atoms with E-state index in [2.05, 4.69) is 4.99 Å². The molecule has 160 valence electrons. The van der Waals surface area contributed by atoms with Crippen LogP contribution in [0.2, 0.25) is 0 Å². The van der Waals surface area contributed by atoms with Crippen molar-refractivity contribution >= 4 is 37.5 Å². The number of carbonyl (C=O) groups excluding carboxylic acids is 1. The zero-order chi connectivity index (χ0) is 21.0. The minimum Gasteiger partial charge on any atom is -0.494 e. The second-order valence-electron chi connectivity index (χ2n) is 6.98. The third-order valence-electron chi connectivity index (χ3n) is 4.96. The lowest BCUT2D eigenvalue weighted by Crippen LogP contribution is -2.39. The van der Waals surface area contributed by atoms with E-state index in [0.29, 0.717) is 50.5 Å². The lowest BCUT2D eigenvalue weighted by atomic mass is 9.98. The molecule has 8 nitrogen and oxygen atoms in total. The van der Waals surface area contributed by atoms with E-state index in [4.69, 9.17) is 9.47 Å². The normalized spacial score (nSPS) is 17.1. The predicted molar refractivity (Wildman–Crippen MR) is 113 cm³/mol. The predicted octanol–water partition coefficient (Wildman–Crippen LogP) is 1.85. The molecule has 1 aliphatic heterocycles. The van der Waals surface area contributed by atoms with Crippen LogP contribution in [0.15, 0.2) is 23.2 Å². The summed E-state index contributed by atoms with van der Waals surface area (Å²) < 4.78 is 38.5.